The highest BCUT2D eigenvalue weighted by Gasteiger charge is 2.08. The minimum absolute atomic E-state index is 0.0335. The number of likely N-dealkylation sites (N-methyl/N-ethyl adjacent to an activating group) is 1. The van der Waals surface area contributed by atoms with E-state index in [1.54, 1.807) is 7.11 Å². The average molecular weight is 222 g/mol. The number of ether oxygens (including phenoxy) is 1. The number of hydrogen-bond donors (Lipinski definition) is 1. The highest BCUT2D eigenvalue weighted by atomic mass is 16.5. The van der Waals surface area contributed by atoms with Gasteiger partial charge in [0.1, 0.15) is 5.75 Å². The van der Waals surface area contributed by atoms with Crippen LogP contribution in [0.4, 0.5) is 5.69 Å². The SMILES string of the molecule is CCN(C)CC(=O)Nc1ccccc1OC. The number of carbonyl (C=O) groups is 1. The first kappa shape index (κ1) is 12.5. The Morgan fingerprint density at radius 2 is 2.12 bits per heavy atom. The van der Waals surface area contributed by atoms with Gasteiger partial charge in [0.15, 0.2) is 0 Å². The lowest BCUT2D eigenvalue weighted by atomic mass is 10.3. The summed E-state index contributed by atoms with van der Waals surface area (Å²) in [5.74, 6) is 0.642. The maximum absolute atomic E-state index is 11.6. The maximum Gasteiger partial charge on any atom is 0.238 e. The highest BCUT2D eigenvalue weighted by Crippen LogP contribution is 2.22. The van der Waals surface area contributed by atoms with Gasteiger partial charge in [0.25, 0.3) is 0 Å². The number of amides is 1. The van der Waals surface area contributed by atoms with Gasteiger partial charge in [-0.05, 0) is 25.7 Å². The van der Waals surface area contributed by atoms with Gasteiger partial charge in [-0.1, -0.05) is 19.1 Å². The molecular formula is C12H18N2O2. The second-order valence-electron chi connectivity index (χ2n) is 3.58. The smallest absolute Gasteiger partial charge is 0.238 e. The van der Waals surface area contributed by atoms with E-state index in [0.29, 0.717) is 18.0 Å². The van der Waals surface area contributed by atoms with Crippen molar-refractivity contribution in [3.8, 4) is 5.75 Å². The zero-order valence-corrected chi connectivity index (χ0v) is 9.99. The molecule has 0 saturated heterocycles. The van der Waals surface area contributed by atoms with Crippen LogP contribution in [0.5, 0.6) is 5.75 Å². The van der Waals surface area contributed by atoms with Crippen molar-refractivity contribution in [2.24, 2.45) is 0 Å². The number of methoxy groups -OCH3 is 1. The van der Waals surface area contributed by atoms with Crippen LogP contribution in [-0.2, 0) is 4.79 Å². The van der Waals surface area contributed by atoms with Gasteiger partial charge in [-0.15, -0.1) is 0 Å². The summed E-state index contributed by atoms with van der Waals surface area (Å²) >= 11 is 0. The Kier molecular flexibility index (Phi) is 4.79. The van der Waals surface area contributed by atoms with Crippen LogP contribution >= 0.6 is 0 Å². The molecule has 1 aromatic carbocycles. The van der Waals surface area contributed by atoms with E-state index < -0.39 is 0 Å². The van der Waals surface area contributed by atoms with Crippen molar-refractivity contribution in [1.29, 1.82) is 0 Å². The first-order chi connectivity index (χ1) is 7.67. The Bertz CT molecular complexity index is 353. The van der Waals surface area contributed by atoms with Gasteiger partial charge in [-0.25, -0.2) is 0 Å². The van der Waals surface area contributed by atoms with Crippen LogP contribution in [0.3, 0.4) is 0 Å². The lowest BCUT2D eigenvalue weighted by Crippen LogP contribution is -2.30. The van der Waals surface area contributed by atoms with Crippen LogP contribution in [0.1, 0.15) is 6.92 Å². The fourth-order valence-corrected chi connectivity index (χ4v) is 1.29. The summed E-state index contributed by atoms with van der Waals surface area (Å²) in [6.07, 6.45) is 0. The maximum atomic E-state index is 11.6. The van der Waals surface area contributed by atoms with Gasteiger partial charge in [0, 0.05) is 0 Å². The van der Waals surface area contributed by atoms with Gasteiger partial charge >= 0.3 is 0 Å². The standard InChI is InChI=1S/C12H18N2O2/c1-4-14(2)9-12(15)13-10-7-5-6-8-11(10)16-3/h5-8H,4,9H2,1-3H3,(H,13,15). The molecule has 0 heterocycles. The number of benzene rings is 1. The van der Waals surface area contributed by atoms with Gasteiger partial charge in [-0.2, -0.15) is 0 Å². The van der Waals surface area contributed by atoms with Gasteiger partial charge in [0.2, 0.25) is 5.91 Å². The molecule has 4 heteroatoms. The summed E-state index contributed by atoms with van der Waals surface area (Å²) in [7, 11) is 3.49. The Morgan fingerprint density at radius 3 is 2.75 bits per heavy atom. The summed E-state index contributed by atoms with van der Waals surface area (Å²) in [5.41, 5.74) is 0.708. The summed E-state index contributed by atoms with van der Waals surface area (Å²) in [5, 5.41) is 2.82. The molecule has 0 atom stereocenters. The normalized spacial score (nSPS) is 10.2. The van der Waals surface area contributed by atoms with Crippen LogP contribution in [0.25, 0.3) is 0 Å². The zero-order valence-electron chi connectivity index (χ0n) is 9.99. The Balaban J connectivity index is 2.62. The molecule has 0 saturated carbocycles. The van der Waals surface area contributed by atoms with Crippen molar-refractivity contribution in [2.45, 2.75) is 6.92 Å². The summed E-state index contributed by atoms with van der Waals surface area (Å²) in [6, 6.07) is 7.37. The predicted octanol–water partition coefficient (Wildman–Crippen LogP) is 1.59. The largest absolute Gasteiger partial charge is 0.495 e. The van der Waals surface area contributed by atoms with E-state index in [9.17, 15) is 4.79 Å². The molecule has 0 unspecified atom stereocenters. The summed E-state index contributed by atoms with van der Waals surface area (Å²) in [4.78, 5) is 13.6. The minimum atomic E-state index is -0.0335. The molecule has 0 aliphatic carbocycles. The summed E-state index contributed by atoms with van der Waals surface area (Å²) in [6.45, 7) is 3.24. The topological polar surface area (TPSA) is 41.6 Å². The van der Waals surface area contributed by atoms with Gasteiger partial charge in [0.05, 0.1) is 19.3 Å². The number of nitrogens with one attached hydrogen (secondary N) is 1. The molecule has 0 bridgehead atoms. The third kappa shape index (κ3) is 3.55. The van der Waals surface area contributed by atoms with Crippen LogP contribution < -0.4 is 10.1 Å². The number of carbonyl (C=O) groups excluding carboxylic acids is 1. The lowest BCUT2D eigenvalue weighted by molar-refractivity contribution is -0.117. The first-order valence-corrected chi connectivity index (χ1v) is 5.28. The number of hydrogen-bond acceptors (Lipinski definition) is 3. The molecule has 1 rings (SSSR count). The van der Waals surface area contributed by atoms with Crippen molar-refractivity contribution >= 4 is 11.6 Å². The molecule has 1 N–H and O–H groups in total. The Morgan fingerprint density at radius 1 is 1.44 bits per heavy atom. The average Bonchev–Trinajstić information content (AvgIpc) is 2.29. The molecular weight excluding hydrogens is 204 g/mol. The van der Waals surface area contributed by atoms with Crippen molar-refractivity contribution < 1.29 is 9.53 Å². The predicted molar refractivity (Wildman–Crippen MR) is 64.8 cm³/mol. The van der Waals surface area contributed by atoms with E-state index in [1.165, 1.54) is 0 Å². The van der Waals surface area contributed by atoms with Crippen molar-refractivity contribution in [3.63, 3.8) is 0 Å². The molecule has 16 heavy (non-hydrogen) atoms. The molecule has 88 valence electrons. The summed E-state index contributed by atoms with van der Waals surface area (Å²) < 4.78 is 5.15. The molecule has 0 aliphatic rings. The number of nitrogens with zero attached hydrogens (tertiary/aromatic N) is 1. The number of anilines is 1. The van der Waals surface area contributed by atoms with Crippen molar-refractivity contribution in [2.75, 3.05) is 32.6 Å². The molecule has 4 nitrogen and oxygen atoms in total. The molecule has 0 fully saturated rings. The second kappa shape index (κ2) is 6.12. The van der Waals surface area contributed by atoms with Gasteiger partial charge < -0.3 is 10.1 Å². The lowest BCUT2D eigenvalue weighted by Gasteiger charge is -2.14. The van der Waals surface area contributed by atoms with E-state index in [2.05, 4.69) is 5.32 Å². The third-order valence-corrected chi connectivity index (χ3v) is 2.33. The van der Waals surface area contributed by atoms with E-state index >= 15 is 0 Å². The number of rotatable bonds is 5. The van der Waals surface area contributed by atoms with Crippen LogP contribution in [-0.4, -0.2) is 38.1 Å². The van der Waals surface area contributed by atoms with Crippen LogP contribution in [0, 0.1) is 0 Å². The third-order valence-electron chi connectivity index (χ3n) is 2.33. The fourth-order valence-electron chi connectivity index (χ4n) is 1.29. The molecule has 1 aromatic rings. The Hall–Kier alpha value is -1.55. The molecule has 0 spiro atoms. The quantitative estimate of drug-likeness (QED) is 0.822. The number of para-hydroxylation sites is 2. The monoisotopic (exact) mass is 222 g/mol. The molecule has 0 aliphatic heterocycles. The second-order valence-corrected chi connectivity index (χ2v) is 3.58. The molecule has 0 radical (unpaired) electrons. The van der Waals surface area contributed by atoms with Crippen LogP contribution in [0.15, 0.2) is 24.3 Å². The van der Waals surface area contributed by atoms with Gasteiger partial charge in [-0.3, -0.25) is 9.69 Å². The molecule has 0 aromatic heterocycles. The van der Waals surface area contributed by atoms with E-state index in [4.69, 9.17) is 4.74 Å². The fraction of sp³-hybridized carbons (Fsp3) is 0.417. The van der Waals surface area contributed by atoms with Crippen molar-refractivity contribution in [1.82, 2.24) is 4.90 Å². The zero-order chi connectivity index (χ0) is 12.0. The first-order valence-electron chi connectivity index (χ1n) is 5.28. The highest BCUT2D eigenvalue weighted by molar-refractivity contribution is 5.93. The van der Waals surface area contributed by atoms with E-state index in [0.717, 1.165) is 6.54 Å². The van der Waals surface area contributed by atoms with Crippen LogP contribution in [0.2, 0.25) is 0 Å². The Labute approximate surface area is 96.2 Å². The van der Waals surface area contributed by atoms with Crippen molar-refractivity contribution in [3.05, 3.63) is 24.3 Å². The van der Waals surface area contributed by atoms with E-state index in [-0.39, 0.29) is 5.91 Å². The minimum Gasteiger partial charge on any atom is -0.495 e. The van der Waals surface area contributed by atoms with E-state index in [1.807, 2.05) is 43.1 Å². The molecule has 1 amide bonds.